The molecule has 4 aromatic rings. The van der Waals surface area contributed by atoms with Crippen molar-refractivity contribution in [3.63, 3.8) is 0 Å². The van der Waals surface area contributed by atoms with Gasteiger partial charge in [0.25, 0.3) is 10.1 Å². The molecule has 226 valence electrons. The summed E-state index contributed by atoms with van der Waals surface area (Å²) in [7, 11) is -3.90. The number of benzene rings is 2. The largest absolute Gasteiger partial charge is 0.431 e. The molecule has 1 saturated heterocycles. The summed E-state index contributed by atoms with van der Waals surface area (Å²) in [5.41, 5.74) is 2.94. The molecule has 1 aliphatic heterocycles. The Bertz CT molecular complexity index is 1560. The van der Waals surface area contributed by atoms with E-state index in [9.17, 15) is 17.2 Å². The maximum atomic E-state index is 14.6. The average molecular weight is 607 g/mol. The minimum atomic E-state index is -3.90. The highest BCUT2D eigenvalue weighted by atomic mass is 32.2. The number of aryl methyl sites for hydroxylation is 1. The molecule has 1 fully saturated rings. The number of alkyl halides is 2. The molecule has 1 atom stereocenters. The third kappa shape index (κ3) is 7.50. The highest BCUT2D eigenvalue weighted by Crippen LogP contribution is 2.35. The number of nitrogens with one attached hydrogen (secondary N) is 1. The summed E-state index contributed by atoms with van der Waals surface area (Å²) in [6.07, 6.45) is 2.24. The van der Waals surface area contributed by atoms with Crippen molar-refractivity contribution in [3.8, 4) is 17.0 Å². The molecule has 2 aromatic carbocycles. The number of aromatic nitrogens is 4. The first-order valence-corrected chi connectivity index (χ1v) is 14.9. The fourth-order valence-corrected chi connectivity index (χ4v) is 5.39. The Morgan fingerprint density at radius 3 is 2.60 bits per heavy atom. The molecule has 0 radical (unpaired) electrons. The zero-order chi connectivity index (χ0) is 29.6. The lowest BCUT2D eigenvalue weighted by Gasteiger charge is -2.23. The van der Waals surface area contributed by atoms with Crippen LogP contribution in [0.1, 0.15) is 31.1 Å². The summed E-state index contributed by atoms with van der Waals surface area (Å²) in [4.78, 5) is 0.0441. The van der Waals surface area contributed by atoms with Crippen LogP contribution in [-0.2, 0) is 28.5 Å². The molecule has 0 spiro atoms. The standard InChI is InChI=1S/C28H32F2N4O7S/c1-20-5-8-23(9-6-20)42(35,36)40-15-14-37-12-13-38-19-28(29,30)41-22-7-10-25-24(16-22)27(21-17-31-32-18-21)33-34(25)26-4-2-3-11-39-26/h5-10,16-18,26H,2-4,11-15,19H2,1H3,(H,31,32). The average Bonchev–Trinajstić information content (AvgIpc) is 3.63. The SMILES string of the molecule is Cc1ccc(S(=O)(=O)OCCOCCOCC(F)(F)Oc2ccc3c(c2)c(-c2cn[nH]c2)nn3C2CCCCO2)cc1. The first-order chi connectivity index (χ1) is 20.2. The van der Waals surface area contributed by atoms with Gasteiger partial charge in [0.1, 0.15) is 11.4 Å². The lowest BCUT2D eigenvalue weighted by Crippen LogP contribution is -2.31. The van der Waals surface area contributed by atoms with Crippen molar-refractivity contribution in [1.82, 2.24) is 20.0 Å². The second-order valence-corrected chi connectivity index (χ2v) is 11.4. The molecule has 0 bridgehead atoms. The number of rotatable bonds is 14. The molecule has 5 rings (SSSR count). The van der Waals surface area contributed by atoms with Crippen molar-refractivity contribution < 1.29 is 40.3 Å². The van der Waals surface area contributed by atoms with Crippen LogP contribution in [0.5, 0.6) is 5.75 Å². The van der Waals surface area contributed by atoms with Crippen molar-refractivity contribution in [3.05, 3.63) is 60.4 Å². The highest BCUT2D eigenvalue weighted by Gasteiger charge is 2.33. The van der Waals surface area contributed by atoms with Crippen molar-refractivity contribution in [2.75, 3.05) is 39.6 Å². The van der Waals surface area contributed by atoms with Gasteiger partial charge < -0.3 is 18.9 Å². The Morgan fingerprint density at radius 1 is 1.07 bits per heavy atom. The topological polar surface area (TPSA) is 127 Å². The summed E-state index contributed by atoms with van der Waals surface area (Å²) in [6.45, 7) is 1.01. The van der Waals surface area contributed by atoms with Crippen molar-refractivity contribution in [1.29, 1.82) is 0 Å². The first kappa shape index (κ1) is 30.0. The third-order valence-electron chi connectivity index (χ3n) is 6.56. The summed E-state index contributed by atoms with van der Waals surface area (Å²) < 4.78 is 81.4. The lowest BCUT2D eigenvalue weighted by atomic mass is 10.1. The van der Waals surface area contributed by atoms with Gasteiger partial charge in [-0.1, -0.05) is 17.7 Å². The Hall–Kier alpha value is -3.43. The quantitative estimate of drug-likeness (QED) is 0.158. The summed E-state index contributed by atoms with van der Waals surface area (Å²) >= 11 is 0. The molecular weight excluding hydrogens is 574 g/mol. The number of ether oxygens (including phenoxy) is 4. The Kier molecular flexibility index (Phi) is 9.48. The monoisotopic (exact) mass is 606 g/mol. The zero-order valence-corrected chi connectivity index (χ0v) is 23.8. The molecule has 2 aromatic heterocycles. The summed E-state index contributed by atoms with van der Waals surface area (Å²) in [6, 6.07) is 10.9. The smallest absolute Gasteiger partial charge is 0.421 e. The fraction of sp³-hybridized carbons (Fsp3) is 0.429. The summed E-state index contributed by atoms with van der Waals surface area (Å²) in [5, 5.41) is 12.1. The third-order valence-corrected chi connectivity index (χ3v) is 7.89. The molecule has 0 saturated carbocycles. The van der Waals surface area contributed by atoms with Gasteiger partial charge in [-0.3, -0.25) is 9.28 Å². The van der Waals surface area contributed by atoms with E-state index in [1.807, 2.05) is 6.92 Å². The minimum absolute atomic E-state index is 0.0353. The number of H-pyrrole nitrogens is 1. The number of aromatic amines is 1. The second-order valence-electron chi connectivity index (χ2n) is 9.77. The first-order valence-electron chi connectivity index (χ1n) is 13.5. The van der Waals surface area contributed by atoms with Crippen molar-refractivity contribution in [2.45, 2.75) is 43.4 Å². The van der Waals surface area contributed by atoms with Gasteiger partial charge in [0.2, 0.25) is 0 Å². The van der Waals surface area contributed by atoms with Crippen LogP contribution >= 0.6 is 0 Å². The van der Waals surface area contributed by atoms with E-state index in [0.717, 1.165) is 30.3 Å². The molecule has 3 heterocycles. The second kappa shape index (κ2) is 13.3. The Balaban J connectivity index is 1.11. The van der Waals surface area contributed by atoms with Gasteiger partial charge in [0.05, 0.1) is 43.0 Å². The predicted octanol–water partition coefficient (Wildman–Crippen LogP) is 4.84. The number of hydrogen-bond donors (Lipinski definition) is 1. The van der Waals surface area contributed by atoms with Gasteiger partial charge >= 0.3 is 6.11 Å². The molecule has 1 aliphatic rings. The molecular formula is C28H32F2N4O7S. The normalized spacial score (nSPS) is 16.2. The van der Waals surface area contributed by atoms with Gasteiger partial charge in [-0.2, -0.15) is 27.4 Å². The van der Waals surface area contributed by atoms with Crippen LogP contribution < -0.4 is 4.74 Å². The van der Waals surface area contributed by atoms with E-state index in [1.54, 1.807) is 35.3 Å². The van der Waals surface area contributed by atoms with Crippen LogP contribution in [0.25, 0.3) is 22.2 Å². The maximum Gasteiger partial charge on any atom is 0.421 e. The van der Waals surface area contributed by atoms with Crippen LogP contribution in [0.2, 0.25) is 0 Å². The lowest BCUT2D eigenvalue weighted by molar-refractivity contribution is -0.213. The van der Waals surface area contributed by atoms with Crippen LogP contribution in [-0.4, -0.2) is 74.1 Å². The zero-order valence-electron chi connectivity index (χ0n) is 23.0. The van der Waals surface area contributed by atoms with E-state index in [2.05, 4.69) is 10.2 Å². The predicted molar refractivity (Wildman–Crippen MR) is 148 cm³/mol. The number of nitrogens with zero attached hydrogens (tertiary/aromatic N) is 3. The van der Waals surface area contributed by atoms with Crippen LogP contribution in [0.15, 0.2) is 59.8 Å². The molecule has 1 N–H and O–H groups in total. The van der Waals surface area contributed by atoms with Gasteiger partial charge in [-0.05, 0) is 56.5 Å². The highest BCUT2D eigenvalue weighted by molar-refractivity contribution is 7.86. The minimum Gasteiger partial charge on any atom is -0.431 e. The van der Waals surface area contributed by atoms with E-state index >= 15 is 0 Å². The van der Waals surface area contributed by atoms with Gasteiger partial charge in [0, 0.05) is 23.8 Å². The molecule has 0 amide bonds. The van der Waals surface area contributed by atoms with Crippen LogP contribution in [0.3, 0.4) is 0 Å². The van der Waals surface area contributed by atoms with E-state index in [0.29, 0.717) is 23.3 Å². The number of halogens is 2. The molecule has 1 unspecified atom stereocenters. The van der Waals surface area contributed by atoms with Crippen molar-refractivity contribution >= 4 is 21.0 Å². The molecule has 42 heavy (non-hydrogen) atoms. The fourth-order valence-electron chi connectivity index (χ4n) is 4.50. The number of fused-ring (bicyclic) bond motifs is 1. The van der Waals surface area contributed by atoms with Crippen LogP contribution in [0, 0.1) is 6.92 Å². The van der Waals surface area contributed by atoms with Crippen LogP contribution in [0.4, 0.5) is 8.78 Å². The maximum absolute atomic E-state index is 14.6. The van der Waals surface area contributed by atoms with Gasteiger partial charge in [-0.15, -0.1) is 0 Å². The molecule has 0 aliphatic carbocycles. The van der Waals surface area contributed by atoms with E-state index in [1.165, 1.54) is 24.3 Å². The van der Waals surface area contributed by atoms with Gasteiger partial charge in [0.15, 0.2) is 12.8 Å². The Labute approximate surface area is 241 Å². The molecule has 11 nitrogen and oxygen atoms in total. The Morgan fingerprint density at radius 2 is 1.86 bits per heavy atom. The van der Waals surface area contributed by atoms with Crippen molar-refractivity contribution in [2.24, 2.45) is 0 Å². The number of hydrogen-bond acceptors (Lipinski definition) is 9. The van der Waals surface area contributed by atoms with E-state index < -0.39 is 22.8 Å². The van der Waals surface area contributed by atoms with Gasteiger partial charge in [-0.25, -0.2) is 4.68 Å². The van der Waals surface area contributed by atoms with E-state index in [4.69, 9.17) is 28.2 Å². The molecule has 14 heteroatoms. The van der Waals surface area contributed by atoms with E-state index in [-0.39, 0.29) is 43.3 Å². The summed E-state index contributed by atoms with van der Waals surface area (Å²) in [5.74, 6) is -0.0480.